The second-order valence-electron chi connectivity index (χ2n) is 9.26. The van der Waals surface area contributed by atoms with Crippen LogP contribution in [0.1, 0.15) is 11.1 Å². The maximum absolute atomic E-state index is 5.43. The first-order chi connectivity index (χ1) is 19.4. The van der Waals surface area contributed by atoms with Crippen LogP contribution in [-0.2, 0) is 0 Å². The molecule has 186 valence electrons. The minimum atomic E-state index is 0.903. The normalized spacial score (nSPS) is 11.2. The van der Waals surface area contributed by atoms with Crippen molar-refractivity contribution >= 4 is 17.1 Å². The molecule has 39 heavy (non-hydrogen) atoms. The fourth-order valence-corrected chi connectivity index (χ4v) is 4.89. The van der Waals surface area contributed by atoms with Crippen LogP contribution in [0.5, 0.6) is 0 Å². The van der Waals surface area contributed by atoms with Crippen molar-refractivity contribution < 1.29 is 0 Å². The van der Waals surface area contributed by atoms with Crippen LogP contribution in [0.25, 0.3) is 22.3 Å². The van der Waals surface area contributed by atoms with Gasteiger partial charge in [0.2, 0.25) is 0 Å². The molecule has 0 aliphatic rings. The van der Waals surface area contributed by atoms with Gasteiger partial charge in [-0.25, -0.2) is 5.01 Å². The second-order valence-corrected chi connectivity index (χ2v) is 9.26. The van der Waals surface area contributed by atoms with Gasteiger partial charge in [-0.1, -0.05) is 146 Å². The van der Waals surface area contributed by atoms with Gasteiger partial charge in [0.15, 0.2) is 0 Å². The van der Waals surface area contributed by atoms with E-state index in [1.807, 2.05) is 23.2 Å². The Morgan fingerprint density at radius 1 is 0.410 bits per heavy atom. The molecule has 6 aromatic rings. The number of benzene rings is 6. The van der Waals surface area contributed by atoms with E-state index >= 15 is 0 Å². The van der Waals surface area contributed by atoms with E-state index in [0.717, 1.165) is 39.3 Å². The lowest BCUT2D eigenvalue weighted by atomic mass is 9.87. The van der Waals surface area contributed by atoms with E-state index in [2.05, 4.69) is 152 Å². The summed E-state index contributed by atoms with van der Waals surface area (Å²) in [5.74, 6) is 0. The van der Waals surface area contributed by atoms with Crippen molar-refractivity contribution in [3.63, 3.8) is 0 Å². The summed E-state index contributed by atoms with van der Waals surface area (Å²) in [6.45, 7) is 0. The summed E-state index contributed by atoms with van der Waals surface area (Å²) in [5, 5.41) is 7.46. The highest BCUT2D eigenvalue weighted by Gasteiger charge is 2.20. The van der Waals surface area contributed by atoms with Crippen molar-refractivity contribution in [2.24, 2.45) is 5.10 Å². The second kappa shape index (κ2) is 11.5. The summed E-state index contributed by atoms with van der Waals surface area (Å²) in [6.07, 6.45) is 0. The highest BCUT2D eigenvalue weighted by molar-refractivity contribution is 6.18. The summed E-state index contributed by atoms with van der Waals surface area (Å²) < 4.78 is 0. The van der Waals surface area contributed by atoms with E-state index in [0.29, 0.717) is 0 Å². The average molecular weight is 501 g/mol. The van der Waals surface area contributed by atoms with Gasteiger partial charge < -0.3 is 0 Å². The van der Waals surface area contributed by atoms with Gasteiger partial charge in [0.1, 0.15) is 0 Å². The molecule has 0 heterocycles. The van der Waals surface area contributed by atoms with Gasteiger partial charge in [-0.05, 0) is 46.5 Å². The number of hydrogen-bond donors (Lipinski definition) is 0. The zero-order valence-corrected chi connectivity index (χ0v) is 21.6. The van der Waals surface area contributed by atoms with Crippen LogP contribution in [-0.4, -0.2) is 5.71 Å². The van der Waals surface area contributed by atoms with Crippen LogP contribution in [0.4, 0.5) is 11.4 Å². The van der Waals surface area contributed by atoms with E-state index in [-0.39, 0.29) is 0 Å². The predicted molar refractivity (Wildman–Crippen MR) is 164 cm³/mol. The number of anilines is 2. The molecule has 2 nitrogen and oxygen atoms in total. The SMILES string of the molecule is c1ccc(C(=NN(c2ccccc2)c2ccccc2)c2cccc(-c3ccccc3)c2-c2ccccc2)cc1. The van der Waals surface area contributed by atoms with Crippen LogP contribution in [0.3, 0.4) is 0 Å². The Morgan fingerprint density at radius 2 is 0.872 bits per heavy atom. The first-order valence-electron chi connectivity index (χ1n) is 13.2. The lowest BCUT2D eigenvalue weighted by Crippen LogP contribution is -2.16. The molecule has 0 amide bonds. The predicted octanol–water partition coefficient (Wildman–Crippen LogP) is 9.61. The van der Waals surface area contributed by atoms with Crippen LogP contribution >= 0.6 is 0 Å². The molecule has 6 aromatic carbocycles. The fourth-order valence-electron chi connectivity index (χ4n) is 4.89. The zero-order chi connectivity index (χ0) is 26.3. The van der Waals surface area contributed by atoms with Crippen molar-refractivity contribution in [1.29, 1.82) is 0 Å². The maximum atomic E-state index is 5.43. The molecule has 6 rings (SSSR count). The third-order valence-electron chi connectivity index (χ3n) is 6.72. The molecule has 0 aliphatic heterocycles. The standard InChI is InChI=1S/C37H28N2/c1-6-17-29(18-7-1)34-27-16-28-35(36(34)30-19-8-2-9-20-30)37(31-21-10-3-11-22-31)38-39(32-23-12-4-13-24-32)33-25-14-5-15-26-33/h1-28H. The lowest BCUT2D eigenvalue weighted by Gasteiger charge is -2.23. The average Bonchev–Trinajstić information content (AvgIpc) is 3.03. The highest BCUT2D eigenvalue weighted by Crippen LogP contribution is 2.37. The molecule has 0 saturated heterocycles. The Labute approximate surface area is 230 Å². The quantitative estimate of drug-likeness (QED) is 0.157. The van der Waals surface area contributed by atoms with E-state index in [1.165, 1.54) is 11.1 Å². The highest BCUT2D eigenvalue weighted by atomic mass is 15.5. The van der Waals surface area contributed by atoms with Gasteiger partial charge in [0.05, 0.1) is 17.1 Å². The molecular weight excluding hydrogens is 472 g/mol. The molecule has 0 saturated carbocycles. The molecule has 0 spiro atoms. The summed E-state index contributed by atoms with van der Waals surface area (Å²) in [4.78, 5) is 0. The monoisotopic (exact) mass is 500 g/mol. The van der Waals surface area contributed by atoms with Crippen LogP contribution in [0, 0.1) is 0 Å². The Hall–Kier alpha value is -5.21. The molecule has 0 unspecified atom stereocenters. The Kier molecular flexibility index (Phi) is 7.09. The maximum Gasteiger partial charge on any atom is 0.0991 e. The summed E-state index contributed by atoms with van der Waals surface area (Å²) in [5.41, 5.74) is 9.69. The first-order valence-corrected chi connectivity index (χ1v) is 13.2. The van der Waals surface area contributed by atoms with Gasteiger partial charge in [0.25, 0.3) is 0 Å². The van der Waals surface area contributed by atoms with E-state index in [9.17, 15) is 0 Å². The molecule has 0 N–H and O–H groups in total. The number of rotatable bonds is 7. The summed E-state index contributed by atoms with van der Waals surface area (Å²) in [6, 6.07) is 58.8. The smallest absolute Gasteiger partial charge is 0.0991 e. The van der Waals surface area contributed by atoms with Gasteiger partial charge in [-0.3, -0.25) is 0 Å². The number of nitrogens with zero attached hydrogens (tertiary/aromatic N) is 2. The summed E-state index contributed by atoms with van der Waals surface area (Å²) >= 11 is 0. The van der Waals surface area contributed by atoms with Crippen molar-refractivity contribution in [2.45, 2.75) is 0 Å². The number of para-hydroxylation sites is 2. The Balaban J connectivity index is 1.66. The number of hydrogen-bond acceptors (Lipinski definition) is 2. The Morgan fingerprint density at radius 3 is 1.41 bits per heavy atom. The van der Waals surface area contributed by atoms with E-state index < -0.39 is 0 Å². The summed E-state index contributed by atoms with van der Waals surface area (Å²) in [7, 11) is 0. The molecule has 0 bridgehead atoms. The topological polar surface area (TPSA) is 15.6 Å². The Bertz CT molecular complexity index is 1620. The molecule has 0 aromatic heterocycles. The fraction of sp³-hybridized carbons (Fsp3) is 0. The minimum absolute atomic E-state index is 0.903. The molecule has 0 radical (unpaired) electrons. The van der Waals surface area contributed by atoms with Gasteiger partial charge in [0, 0.05) is 11.1 Å². The van der Waals surface area contributed by atoms with Crippen molar-refractivity contribution in [3.8, 4) is 22.3 Å². The molecular formula is C37H28N2. The van der Waals surface area contributed by atoms with Crippen molar-refractivity contribution in [1.82, 2.24) is 0 Å². The van der Waals surface area contributed by atoms with Crippen LogP contribution in [0.15, 0.2) is 175 Å². The van der Waals surface area contributed by atoms with Crippen molar-refractivity contribution in [3.05, 3.63) is 181 Å². The van der Waals surface area contributed by atoms with E-state index in [1.54, 1.807) is 0 Å². The molecule has 0 atom stereocenters. The molecule has 2 heteroatoms. The van der Waals surface area contributed by atoms with E-state index in [4.69, 9.17) is 5.10 Å². The van der Waals surface area contributed by atoms with Gasteiger partial charge >= 0.3 is 0 Å². The third-order valence-corrected chi connectivity index (χ3v) is 6.72. The van der Waals surface area contributed by atoms with Crippen LogP contribution in [0.2, 0.25) is 0 Å². The van der Waals surface area contributed by atoms with Gasteiger partial charge in [-0.2, -0.15) is 5.10 Å². The molecule has 0 aliphatic carbocycles. The lowest BCUT2D eigenvalue weighted by molar-refractivity contribution is 1.08. The minimum Gasteiger partial charge on any atom is -0.233 e. The molecule has 0 fully saturated rings. The largest absolute Gasteiger partial charge is 0.233 e. The zero-order valence-electron chi connectivity index (χ0n) is 21.6. The van der Waals surface area contributed by atoms with Crippen LogP contribution < -0.4 is 5.01 Å². The van der Waals surface area contributed by atoms with Gasteiger partial charge in [-0.15, -0.1) is 0 Å². The number of hydrazone groups is 1. The first kappa shape index (κ1) is 24.1. The third kappa shape index (κ3) is 5.27. The van der Waals surface area contributed by atoms with Crippen molar-refractivity contribution in [2.75, 3.05) is 5.01 Å².